The van der Waals surface area contributed by atoms with Crippen molar-refractivity contribution in [2.24, 2.45) is 0 Å². The fourth-order valence-electron chi connectivity index (χ4n) is 3.19. The average Bonchev–Trinajstić information content (AvgIpc) is 3.01. The van der Waals surface area contributed by atoms with Crippen LogP contribution >= 0.6 is 0 Å². The first-order valence-electron chi connectivity index (χ1n) is 8.49. The summed E-state index contributed by atoms with van der Waals surface area (Å²) in [6.45, 7) is 5.00. The van der Waals surface area contributed by atoms with Crippen LogP contribution in [0.2, 0.25) is 0 Å². The molecule has 1 saturated heterocycles. The van der Waals surface area contributed by atoms with Gasteiger partial charge in [0, 0.05) is 32.0 Å². The number of anilines is 1. The molecule has 2 N–H and O–H groups in total. The first-order chi connectivity index (χ1) is 12.0. The minimum atomic E-state index is -1.01. The molecular formula is C17H23N5O3. The Labute approximate surface area is 146 Å². The van der Waals surface area contributed by atoms with Gasteiger partial charge in [-0.05, 0) is 26.2 Å². The van der Waals surface area contributed by atoms with E-state index in [9.17, 15) is 9.90 Å². The normalized spacial score (nSPS) is 20.5. The van der Waals surface area contributed by atoms with Gasteiger partial charge in [0.2, 0.25) is 0 Å². The molecule has 2 aromatic heterocycles. The van der Waals surface area contributed by atoms with Crippen molar-refractivity contribution in [3.8, 4) is 0 Å². The highest BCUT2D eigenvalue weighted by Gasteiger charge is 2.34. The lowest BCUT2D eigenvalue weighted by Crippen LogP contribution is -2.54. The van der Waals surface area contributed by atoms with Gasteiger partial charge in [-0.25, -0.2) is 4.98 Å². The summed E-state index contributed by atoms with van der Waals surface area (Å²) >= 11 is 0. The third-order valence-electron chi connectivity index (χ3n) is 4.50. The molecule has 3 rings (SSSR count). The summed E-state index contributed by atoms with van der Waals surface area (Å²) in [5.41, 5.74) is 0.0857. The minimum absolute atomic E-state index is 0.163. The lowest BCUT2D eigenvalue weighted by Gasteiger charge is -2.39. The number of nitrogens with one attached hydrogen (secondary N) is 1. The summed E-state index contributed by atoms with van der Waals surface area (Å²) in [6.07, 6.45) is 6.98. The number of nitrogens with zero attached hydrogens (tertiary/aromatic N) is 4. The highest BCUT2D eigenvalue weighted by atomic mass is 16.5. The number of carbonyl (C=O) groups excluding carboxylic acids is 1. The standard InChI is InChI=1S/C17H23N5O3/c1-3-13-15(12(2)25-21-13)16(23)20-10-17(24)5-4-8-22(11-17)14-9-18-6-7-19-14/h6-7,9,24H,3-5,8,10-11H2,1-2H3,(H,20,23)/t17-/m1/s1. The van der Waals surface area contributed by atoms with Gasteiger partial charge in [0.15, 0.2) is 0 Å². The molecule has 0 saturated carbocycles. The van der Waals surface area contributed by atoms with E-state index in [4.69, 9.17) is 4.52 Å². The van der Waals surface area contributed by atoms with Gasteiger partial charge in [0.05, 0.1) is 17.5 Å². The SMILES string of the molecule is CCc1noc(C)c1C(=O)NC[C@]1(O)CCCN(c2cnccn2)C1. The van der Waals surface area contributed by atoms with Crippen LogP contribution < -0.4 is 10.2 Å². The molecule has 0 radical (unpaired) electrons. The monoisotopic (exact) mass is 345 g/mol. The highest BCUT2D eigenvalue weighted by Crippen LogP contribution is 2.24. The smallest absolute Gasteiger partial charge is 0.256 e. The molecular weight excluding hydrogens is 322 g/mol. The van der Waals surface area contributed by atoms with Crippen LogP contribution in [0.1, 0.15) is 41.6 Å². The number of amides is 1. The van der Waals surface area contributed by atoms with Crippen LogP contribution in [0.3, 0.4) is 0 Å². The third kappa shape index (κ3) is 3.79. The van der Waals surface area contributed by atoms with Crippen LogP contribution in [0.4, 0.5) is 5.82 Å². The molecule has 0 aromatic carbocycles. The number of β-amino-alcohol motifs (C(OH)–C–C–N with tert-alkyl or cyclic N) is 1. The number of rotatable bonds is 5. The van der Waals surface area contributed by atoms with Crippen LogP contribution in [-0.4, -0.2) is 51.4 Å². The van der Waals surface area contributed by atoms with E-state index < -0.39 is 5.60 Å². The molecule has 0 unspecified atom stereocenters. The molecule has 2 aromatic rings. The van der Waals surface area contributed by atoms with Gasteiger partial charge < -0.3 is 19.8 Å². The summed E-state index contributed by atoms with van der Waals surface area (Å²) in [5, 5.41) is 17.6. The molecule has 0 bridgehead atoms. The Morgan fingerprint density at radius 1 is 1.48 bits per heavy atom. The van der Waals surface area contributed by atoms with Gasteiger partial charge in [-0.3, -0.25) is 9.78 Å². The Hall–Kier alpha value is -2.48. The maximum Gasteiger partial charge on any atom is 0.256 e. The summed E-state index contributed by atoms with van der Waals surface area (Å²) in [4.78, 5) is 22.8. The average molecular weight is 345 g/mol. The number of hydrogen-bond acceptors (Lipinski definition) is 7. The largest absolute Gasteiger partial charge is 0.386 e. The van der Waals surface area contributed by atoms with Crippen LogP contribution in [-0.2, 0) is 6.42 Å². The van der Waals surface area contributed by atoms with E-state index in [0.717, 1.165) is 18.8 Å². The maximum atomic E-state index is 12.5. The predicted molar refractivity (Wildman–Crippen MR) is 91.4 cm³/mol. The van der Waals surface area contributed by atoms with Crippen LogP contribution in [0, 0.1) is 6.92 Å². The maximum absolute atomic E-state index is 12.5. The lowest BCUT2D eigenvalue weighted by atomic mass is 9.92. The molecule has 8 nitrogen and oxygen atoms in total. The Morgan fingerprint density at radius 2 is 2.32 bits per heavy atom. The number of carbonyl (C=O) groups is 1. The van der Waals surface area contributed by atoms with E-state index in [1.165, 1.54) is 0 Å². The molecule has 0 spiro atoms. The number of aliphatic hydroxyl groups is 1. The molecule has 3 heterocycles. The van der Waals surface area contributed by atoms with Gasteiger partial charge in [0.1, 0.15) is 17.1 Å². The summed E-state index contributed by atoms with van der Waals surface area (Å²) < 4.78 is 5.10. The zero-order valence-electron chi connectivity index (χ0n) is 14.5. The number of piperidine rings is 1. The summed E-state index contributed by atoms with van der Waals surface area (Å²) in [7, 11) is 0. The second kappa shape index (κ2) is 7.18. The Kier molecular flexibility index (Phi) is 4.98. The van der Waals surface area contributed by atoms with Crippen molar-refractivity contribution < 1.29 is 14.4 Å². The van der Waals surface area contributed by atoms with E-state index in [1.807, 2.05) is 11.8 Å². The van der Waals surface area contributed by atoms with E-state index >= 15 is 0 Å². The Bertz CT molecular complexity index is 733. The van der Waals surface area contributed by atoms with E-state index in [-0.39, 0.29) is 12.5 Å². The number of aryl methyl sites for hydroxylation is 2. The molecule has 8 heteroatoms. The molecule has 1 atom stereocenters. The molecule has 1 aliphatic rings. The van der Waals surface area contributed by atoms with E-state index in [2.05, 4.69) is 20.4 Å². The number of hydrogen-bond donors (Lipinski definition) is 2. The van der Waals surface area contributed by atoms with Crippen LogP contribution in [0.25, 0.3) is 0 Å². The number of aromatic nitrogens is 3. The molecule has 1 aliphatic heterocycles. The third-order valence-corrected chi connectivity index (χ3v) is 4.50. The van der Waals surface area contributed by atoms with Gasteiger partial charge in [-0.1, -0.05) is 12.1 Å². The molecule has 0 aliphatic carbocycles. The van der Waals surface area contributed by atoms with Gasteiger partial charge in [-0.15, -0.1) is 0 Å². The minimum Gasteiger partial charge on any atom is -0.386 e. The summed E-state index contributed by atoms with van der Waals surface area (Å²) in [6, 6.07) is 0. The van der Waals surface area contributed by atoms with E-state index in [0.29, 0.717) is 36.4 Å². The van der Waals surface area contributed by atoms with Crippen molar-refractivity contribution in [1.29, 1.82) is 0 Å². The zero-order valence-corrected chi connectivity index (χ0v) is 14.5. The Morgan fingerprint density at radius 3 is 3.04 bits per heavy atom. The van der Waals surface area contributed by atoms with Crippen molar-refractivity contribution in [1.82, 2.24) is 20.4 Å². The fraction of sp³-hybridized carbons (Fsp3) is 0.529. The van der Waals surface area contributed by atoms with Crippen molar-refractivity contribution in [2.45, 2.75) is 38.7 Å². The zero-order chi connectivity index (χ0) is 17.9. The molecule has 25 heavy (non-hydrogen) atoms. The van der Waals surface area contributed by atoms with Gasteiger partial charge in [-0.2, -0.15) is 0 Å². The summed E-state index contributed by atoms with van der Waals surface area (Å²) in [5.74, 6) is 0.960. The predicted octanol–water partition coefficient (Wildman–Crippen LogP) is 1.10. The van der Waals surface area contributed by atoms with Gasteiger partial charge in [0.25, 0.3) is 5.91 Å². The molecule has 134 valence electrons. The second-order valence-corrected chi connectivity index (χ2v) is 6.41. The van der Waals surface area contributed by atoms with Crippen molar-refractivity contribution in [2.75, 3.05) is 24.5 Å². The van der Waals surface area contributed by atoms with Crippen molar-refractivity contribution in [3.05, 3.63) is 35.6 Å². The fourth-order valence-corrected chi connectivity index (χ4v) is 3.19. The van der Waals surface area contributed by atoms with Crippen molar-refractivity contribution >= 4 is 11.7 Å². The highest BCUT2D eigenvalue weighted by molar-refractivity contribution is 5.96. The molecule has 1 fully saturated rings. The first-order valence-corrected chi connectivity index (χ1v) is 8.49. The molecule has 1 amide bonds. The second-order valence-electron chi connectivity index (χ2n) is 6.41. The van der Waals surface area contributed by atoms with Crippen LogP contribution in [0.15, 0.2) is 23.1 Å². The van der Waals surface area contributed by atoms with Gasteiger partial charge >= 0.3 is 0 Å². The first kappa shape index (κ1) is 17.3. The van der Waals surface area contributed by atoms with Crippen molar-refractivity contribution in [3.63, 3.8) is 0 Å². The van der Waals surface area contributed by atoms with Crippen LogP contribution in [0.5, 0.6) is 0 Å². The topological polar surface area (TPSA) is 104 Å². The Balaban J connectivity index is 1.65. The quantitative estimate of drug-likeness (QED) is 0.836. The lowest BCUT2D eigenvalue weighted by molar-refractivity contribution is 0.0254. The van der Waals surface area contributed by atoms with E-state index in [1.54, 1.807) is 25.5 Å².